The van der Waals surface area contributed by atoms with Gasteiger partial charge in [0.1, 0.15) is 10.9 Å². The number of nitriles is 1. The molecule has 1 aromatic heterocycles. The molecule has 1 aromatic carbocycles. The van der Waals surface area contributed by atoms with E-state index in [1.807, 2.05) is 19.9 Å². The molecule has 0 fully saturated rings. The highest BCUT2D eigenvalue weighted by molar-refractivity contribution is 7.14. The maximum absolute atomic E-state index is 12.2. The summed E-state index contributed by atoms with van der Waals surface area (Å²) in [5, 5.41) is 11.7. The quantitative estimate of drug-likeness (QED) is 0.788. The summed E-state index contributed by atoms with van der Waals surface area (Å²) >= 11 is 7.31. The van der Waals surface area contributed by atoms with Crippen molar-refractivity contribution in [2.75, 3.05) is 5.32 Å². The van der Waals surface area contributed by atoms with Gasteiger partial charge in [-0.2, -0.15) is 5.26 Å². The van der Waals surface area contributed by atoms with Gasteiger partial charge >= 0.3 is 5.97 Å². The van der Waals surface area contributed by atoms with Crippen LogP contribution in [0.5, 0.6) is 0 Å². The predicted octanol–water partition coefficient (Wildman–Crippen LogP) is 4.33. The molecule has 2 rings (SSSR count). The number of halogens is 1. The van der Waals surface area contributed by atoms with Crippen LogP contribution < -0.4 is 5.32 Å². The summed E-state index contributed by atoms with van der Waals surface area (Å²) in [5.74, 6) is -0.994. The van der Waals surface area contributed by atoms with E-state index in [0.717, 1.165) is 16.9 Å². The van der Waals surface area contributed by atoms with Crippen LogP contribution in [0.15, 0.2) is 24.3 Å². The summed E-state index contributed by atoms with van der Waals surface area (Å²) in [6.07, 6.45) is -0.117. The Morgan fingerprint density at radius 3 is 2.68 bits per heavy atom. The fraction of sp³-hybridized carbons (Fsp3) is 0.278. The summed E-state index contributed by atoms with van der Waals surface area (Å²) in [7, 11) is 0. The number of nitrogens with zero attached hydrogens (tertiary/aromatic N) is 1. The first-order valence-corrected chi connectivity index (χ1v) is 8.86. The van der Waals surface area contributed by atoms with Gasteiger partial charge in [0, 0.05) is 10.6 Å². The zero-order valence-electron chi connectivity index (χ0n) is 14.1. The number of hydrogen-bond acceptors (Lipinski definition) is 5. The van der Waals surface area contributed by atoms with Crippen LogP contribution in [0.4, 0.5) is 5.69 Å². The first-order chi connectivity index (χ1) is 11.8. The first-order valence-electron chi connectivity index (χ1n) is 7.66. The standard InChI is InChI=1S/C18H17ClN2O3S/c1-4-15-10(2)7-16(25-15)18(23)24-11(3)17(22)21-13-6-5-12(9-20)14(19)8-13/h5-8,11H,4H2,1-3H3,(H,21,22). The number of aryl methyl sites for hydroxylation is 2. The van der Waals surface area contributed by atoms with E-state index in [2.05, 4.69) is 5.32 Å². The molecule has 0 saturated carbocycles. The van der Waals surface area contributed by atoms with Crippen molar-refractivity contribution in [2.45, 2.75) is 33.3 Å². The van der Waals surface area contributed by atoms with Gasteiger partial charge < -0.3 is 10.1 Å². The zero-order valence-corrected chi connectivity index (χ0v) is 15.6. The van der Waals surface area contributed by atoms with Crippen LogP contribution >= 0.6 is 22.9 Å². The third kappa shape index (κ3) is 4.59. The Morgan fingerprint density at radius 2 is 2.12 bits per heavy atom. The fourth-order valence-electron chi connectivity index (χ4n) is 2.17. The normalized spacial score (nSPS) is 11.5. The second-order valence-electron chi connectivity index (χ2n) is 5.41. The molecule has 1 unspecified atom stereocenters. The Hall–Kier alpha value is -2.36. The summed E-state index contributed by atoms with van der Waals surface area (Å²) < 4.78 is 5.23. The Balaban J connectivity index is 2.01. The fourth-order valence-corrected chi connectivity index (χ4v) is 3.39. The number of benzene rings is 1. The van der Waals surface area contributed by atoms with Crippen molar-refractivity contribution in [1.82, 2.24) is 0 Å². The average Bonchev–Trinajstić information content (AvgIpc) is 2.96. The number of esters is 1. The minimum absolute atomic E-state index is 0.242. The molecule has 0 aliphatic rings. The number of rotatable bonds is 5. The number of nitrogens with one attached hydrogen (secondary N) is 1. The lowest BCUT2D eigenvalue weighted by Gasteiger charge is -2.13. The van der Waals surface area contributed by atoms with E-state index in [4.69, 9.17) is 21.6 Å². The number of carbonyl (C=O) groups excluding carboxylic acids is 2. The van der Waals surface area contributed by atoms with Gasteiger partial charge in [0.05, 0.1) is 10.6 Å². The van der Waals surface area contributed by atoms with Crippen molar-refractivity contribution in [3.63, 3.8) is 0 Å². The Kier molecular flexibility index (Phi) is 6.18. The van der Waals surface area contributed by atoms with Crippen molar-refractivity contribution in [1.29, 1.82) is 5.26 Å². The Bertz CT molecular complexity index is 854. The van der Waals surface area contributed by atoms with Crippen LogP contribution in [0.3, 0.4) is 0 Å². The largest absolute Gasteiger partial charge is 0.448 e. The molecule has 0 aliphatic heterocycles. The number of ether oxygens (including phenoxy) is 1. The van der Waals surface area contributed by atoms with Crippen LogP contribution in [-0.2, 0) is 16.0 Å². The van der Waals surface area contributed by atoms with Crippen LogP contribution in [0, 0.1) is 18.3 Å². The van der Waals surface area contributed by atoms with E-state index in [0.29, 0.717) is 16.1 Å². The SMILES string of the molecule is CCc1sc(C(=O)OC(C)C(=O)Nc2ccc(C#N)c(Cl)c2)cc1C. The molecule has 25 heavy (non-hydrogen) atoms. The van der Waals surface area contributed by atoms with Gasteiger partial charge in [-0.3, -0.25) is 4.79 Å². The van der Waals surface area contributed by atoms with Crippen LogP contribution in [0.25, 0.3) is 0 Å². The molecule has 5 nitrogen and oxygen atoms in total. The van der Waals surface area contributed by atoms with Gasteiger partial charge in [0.25, 0.3) is 5.91 Å². The summed E-state index contributed by atoms with van der Waals surface area (Å²) in [4.78, 5) is 26.0. The highest BCUT2D eigenvalue weighted by Crippen LogP contribution is 2.24. The summed E-state index contributed by atoms with van der Waals surface area (Å²) in [6.45, 7) is 5.46. The molecule has 0 aliphatic carbocycles. The van der Waals surface area contributed by atoms with Gasteiger partial charge in [-0.05, 0) is 50.1 Å². The third-order valence-electron chi connectivity index (χ3n) is 3.55. The number of hydrogen-bond donors (Lipinski definition) is 1. The lowest BCUT2D eigenvalue weighted by Crippen LogP contribution is -2.29. The molecule has 0 bridgehead atoms. The molecule has 1 heterocycles. The van der Waals surface area contributed by atoms with Crippen molar-refractivity contribution in [3.05, 3.63) is 50.2 Å². The zero-order chi connectivity index (χ0) is 18.6. The van der Waals surface area contributed by atoms with Crippen molar-refractivity contribution < 1.29 is 14.3 Å². The molecule has 0 spiro atoms. The Labute approximate surface area is 155 Å². The van der Waals surface area contributed by atoms with Gasteiger partial charge in [0.2, 0.25) is 0 Å². The van der Waals surface area contributed by atoms with Crippen molar-refractivity contribution in [2.24, 2.45) is 0 Å². The second kappa shape index (κ2) is 8.15. The molecule has 130 valence electrons. The molecule has 1 amide bonds. The van der Waals surface area contributed by atoms with E-state index in [9.17, 15) is 9.59 Å². The van der Waals surface area contributed by atoms with Gasteiger partial charge in [-0.25, -0.2) is 4.79 Å². The summed E-state index contributed by atoms with van der Waals surface area (Å²) in [5.41, 5.74) is 1.79. The number of anilines is 1. The average molecular weight is 377 g/mol. The van der Waals surface area contributed by atoms with Crippen LogP contribution in [-0.4, -0.2) is 18.0 Å². The van der Waals surface area contributed by atoms with E-state index < -0.39 is 18.0 Å². The minimum Gasteiger partial charge on any atom is -0.448 e. The molecule has 0 radical (unpaired) electrons. The maximum atomic E-state index is 12.2. The highest BCUT2D eigenvalue weighted by Gasteiger charge is 2.21. The molecule has 1 N–H and O–H groups in total. The molecule has 1 atom stereocenters. The topological polar surface area (TPSA) is 79.2 Å². The predicted molar refractivity (Wildman–Crippen MR) is 98.1 cm³/mol. The summed E-state index contributed by atoms with van der Waals surface area (Å²) in [6, 6.07) is 8.26. The van der Waals surface area contributed by atoms with Gasteiger partial charge in [0.15, 0.2) is 6.10 Å². The van der Waals surface area contributed by atoms with E-state index in [1.165, 1.54) is 30.4 Å². The number of amides is 1. The molecule has 7 heteroatoms. The van der Waals surface area contributed by atoms with Crippen molar-refractivity contribution >= 4 is 40.5 Å². The van der Waals surface area contributed by atoms with Crippen LogP contribution in [0.1, 0.15) is 39.5 Å². The molecular formula is C18H17ClN2O3S. The first kappa shape index (κ1) is 19.0. The van der Waals surface area contributed by atoms with E-state index in [1.54, 1.807) is 12.1 Å². The molecular weight excluding hydrogens is 360 g/mol. The monoisotopic (exact) mass is 376 g/mol. The molecule has 0 saturated heterocycles. The number of thiophene rings is 1. The van der Waals surface area contributed by atoms with Crippen LogP contribution in [0.2, 0.25) is 5.02 Å². The van der Waals surface area contributed by atoms with E-state index >= 15 is 0 Å². The third-order valence-corrected chi connectivity index (χ3v) is 5.23. The van der Waals surface area contributed by atoms with Gasteiger partial charge in [-0.1, -0.05) is 18.5 Å². The lowest BCUT2D eigenvalue weighted by molar-refractivity contribution is -0.123. The highest BCUT2D eigenvalue weighted by atomic mass is 35.5. The maximum Gasteiger partial charge on any atom is 0.349 e. The van der Waals surface area contributed by atoms with Crippen molar-refractivity contribution in [3.8, 4) is 6.07 Å². The second-order valence-corrected chi connectivity index (χ2v) is 6.96. The van der Waals surface area contributed by atoms with E-state index in [-0.39, 0.29) is 5.02 Å². The lowest BCUT2D eigenvalue weighted by atomic mass is 10.2. The Morgan fingerprint density at radius 1 is 1.40 bits per heavy atom. The number of carbonyl (C=O) groups is 2. The minimum atomic E-state index is -0.964. The van der Waals surface area contributed by atoms with Gasteiger partial charge in [-0.15, -0.1) is 11.3 Å². The molecule has 2 aromatic rings. The smallest absolute Gasteiger partial charge is 0.349 e.